The van der Waals surface area contributed by atoms with E-state index in [1.807, 2.05) is 19.1 Å². The number of carbonyl (C=O) groups is 1. The van der Waals surface area contributed by atoms with Gasteiger partial charge in [0.2, 0.25) is 17.7 Å². The molecule has 4 aliphatic carbocycles. The van der Waals surface area contributed by atoms with Gasteiger partial charge in [0.15, 0.2) is 0 Å². The number of nitrogens with two attached hydrogens (primary N) is 2. The van der Waals surface area contributed by atoms with Gasteiger partial charge in [0.1, 0.15) is 0 Å². The largest absolute Gasteiger partial charge is 0.425 e. The van der Waals surface area contributed by atoms with Crippen LogP contribution in [0.3, 0.4) is 0 Å². The standard InChI is InChI=1S/C34H46N6O2/c1-19(37-16-21(3)40-20(2)15-32-17-33(32,40)18-32)14-34(31-39-38-23(5)42-31)28-10-8-24(22(4)35)12-25(28)6-7-26-13-27(30(36)41)9-11-29(26)34/h9,11,13,19-20,24-25,28,37H,3-4,6-8,10,12,14-18,35H2,1-2,5H3,(H2,36,41)/t19-,20?,24?,25+,28?,32?,33?,34?/m1/s1. The first-order valence-electron chi connectivity index (χ1n) is 15.9. The second kappa shape index (κ2) is 9.43. The quantitative estimate of drug-likeness (QED) is 0.399. The summed E-state index contributed by atoms with van der Waals surface area (Å²) < 4.78 is 6.39. The lowest BCUT2D eigenvalue weighted by Crippen LogP contribution is -2.48. The van der Waals surface area contributed by atoms with E-state index in [4.69, 9.17) is 21.0 Å². The number of hydrogen-bond donors (Lipinski definition) is 3. The molecule has 4 unspecified atom stereocenters. The molecule has 0 bridgehead atoms. The summed E-state index contributed by atoms with van der Waals surface area (Å²) in [7, 11) is 0. The smallest absolute Gasteiger partial charge is 0.248 e. The molecule has 8 nitrogen and oxygen atoms in total. The van der Waals surface area contributed by atoms with Crippen molar-refractivity contribution in [1.29, 1.82) is 0 Å². The number of primary amides is 1. The average Bonchev–Trinajstić information content (AvgIpc) is 3.61. The van der Waals surface area contributed by atoms with Gasteiger partial charge >= 0.3 is 0 Å². The molecule has 0 radical (unpaired) electrons. The van der Waals surface area contributed by atoms with Crippen molar-refractivity contribution in [2.24, 2.45) is 34.6 Å². The Morgan fingerprint density at radius 1 is 1.21 bits per heavy atom. The molecule has 8 heteroatoms. The molecule has 1 aromatic heterocycles. The third-order valence-corrected chi connectivity index (χ3v) is 11.9. The van der Waals surface area contributed by atoms with Gasteiger partial charge in [0.25, 0.3) is 0 Å². The maximum atomic E-state index is 12.2. The molecule has 3 saturated carbocycles. The van der Waals surface area contributed by atoms with Crippen molar-refractivity contribution in [3.05, 3.63) is 71.2 Å². The van der Waals surface area contributed by atoms with Crippen LogP contribution in [-0.4, -0.2) is 45.2 Å². The van der Waals surface area contributed by atoms with Gasteiger partial charge in [-0.15, -0.1) is 10.2 Å². The van der Waals surface area contributed by atoms with E-state index in [9.17, 15) is 4.79 Å². The number of likely N-dealkylation sites (tertiary alicyclic amines) is 1. The number of piperidine rings is 2. The summed E-state index contributed by atoms with van der Waals surface area (Å²) in [5, 5.41) is 12.9. The van der Waals surface area contributed by atoms with Crippen molar-refractivity contribution in [2.45, 2.75) is 102 Å². The topological polar surface area (TPSA) is 123 Å². The fourth-order valence-electron chi connectivity index (χ4n) is 9.96. The number of nitrogens with one attached hydrogen (secondary N) is 1. The third kappa shape index (κ3) is 4.00. The SMILES string of the molecule is C=C(N)C1CCC2[C@@H](CCc3cc(C(N)=O)ccc3C2(C[C@@H](C)NCC(=C)N2C(C)CC34CC23C4)c2nnc(C)o2)C1. The van der Waals surface area contributed by atoms with Gasteiger partial charge in [-0.1, -0.05) is 19.2 Å². The Hall–Kier alpha value is -3.13. The number of aromatic nitrogens is 2. The van der Waals surface area contributed by atoms with Crippen molar-refractivity contribution in [1.82, 2.24) is 20.4 Å². The number of carbonyl (C=O) groups excluding carboxylic acids is 1. The van der Waals surface area contributed by atoms with Crippen LogP contribution >= 0.6 is 0 Å². The van der Waals surface area contributed by atoms with E-state index < -0.39 is 11.3 Å². The molecule has 7 rings (SSSR count). The number of nitrogens with zero attached hydrogens (tertiary/aromatic N) is 3. The van der Waals surface area contributed by atoms with Gasteiger partial charge in [-0.25, -0.2) is 0 Å². The van der Waals surface area contributed by atoms with E-state index >= 15 is 0 Å². The van der Waals surface area contributed by atoms with Crippen LogP contribution in [0.5, 0.6) is 0 Å². The Kier molecular flexibility index (Phi) is 6.22. The number of benzene rings is 1. The molecule has 1 amide bonds. The zero-order chi connectivity index (χ0) is 29.6. The van der Waals surface area contributed by atoms with Crippen LogP contribution in [0.25, 0.3) is 0 Å². The summed E-state index contributed by atoms with van der Waals surface area (Å²) in [5.74, 6) is 1.85. The first kappa shape index (κ1) is 27.7. The minimum atomic E-state index is -0.510. The van der Waals surface area contributed by atoms with Crippen LogP contribution in [0.15, 0.2) is 47.2 Å². The van der Waals surface area contributed by atoms with Crippen molar-refractivity contribution in [2.75, 3.05) is 6.54 Å². The highest BCUT2D eigenvalue weighted by atomic mass is 16.4. The van der Waals surface area contributed by atoms with Crippen molar-refractivity contribution in [3.8, 4) is 0 Å². The Morgan fingerprint density at radius 3 is 2.64 bits per heavy atom. The minimum Gasteiger partial charge on any atom is -0.425 e. The van der Waals surface area contributed by atoms with Gasteiger partial charge in [0, 0.05) is 53.5 Å². The van der Waals surface area contributed by atoms with E-state index in [0.29, 0.717) is 46.2 Å². The molecule has 1 aliphatic heterocycles. The van der Waals surface area contributed by atoms with Gasteiger partial charge in [-0.05, 0) is 113 Å². The highest BCUT2D eigenvalue weighted by molar-refractivity contribution is 5.93. The predicted octanol–water partition coefficient (Wildman–Crippen LogP) is 4.72. The summed E-state index contributed by atoms with van der Waals surface area (Å²) >= 11 is 0. The summed E-state index contributed by atoms with van der Waals surface area (Å²) in [4.78, 5) is 14.9. The lowest BCUT2D eigenvalue weighted by molar-refractivity contribution is 0.0964. The molecule has 1 aromatic carbocycles. The highest BCUT2D eigenvalue weighted by Gasteiger charge is 2.89. The summed E-state index contributed by atoms with van der Waals surface area (Å²) in [6.45, 7) is 15.9. The maximum absolute atomic E-state index is 12.2. The molecule has 1 saturated heterocycles. The summed E-state index contributed by atoms with van der Waals surface area (Å²) in [6.07, 6.45) is 9.67. The van der Waals surface area contributed by atoms with Crippen molar-refractivity contribution in [3.63, 3.8) is 0 Å². The molecular formula is C34H46N6O2. The van der Waals surface area contributed by atoms with Crippen LogP contribution in [0.1, 0.15) is 98.5 Å². The zero-order valence-corrected chi connectivity index (χ0v) is 25.4. The van der Waals surface area contributed by atoms with Crippen LogP contribution < -0.4 is 16.8 Å². The van der Waals surface area contributed by atoms with Gasteiger partial charge in [0.05, 0.1) is 5.41 Å². The van der Waals surface area contributed by atoms with E-state index in [0.717, 1.165) is 56.3 Å². The average molecular weight is 571 g/mol. The lowest BCUT2D eigenvalue weighted by atomic mass is 9.57. The van der Waals surface area contributed by atoms with Crippen LogP contribution in [0, 0.1) is 30.1 Å². The fourth-order valence-corrected chi connectivity index (χ4v) is 9.96. The summed E-state index contributed by atoms with van der Waals surface area (Å²) in [5.41, 5.74) is 17.4. The number of allylic oxidation sites excluding steroid dienone is 1. The molecule has 6 atom stereocenters. The monoisotopic (exact) mass is 570 g/mol. The Morgan fingerprint density at radius 2 is 2.00 bits per heavy atom. The van der Waals surface area contributed by atoms with Crippen molar-refractivity contribution < 1.29 is 9.21 Å². The van der Waals surface area contributed by atoms with Crippen LogP contribution in [0.2, 0.25) is 0 Å². The minimum absolute atomic E-state index is 0.150. The first-order chi connectivity index (χ1) is 20.0. The lowest BCUT2D eigenvalue weighted by Gasteiger charge is -2.47. The number of aryl methyl sites for hydroxylation is 2. The van der Waals surface area contributed by atoms with Crippen LogP contribution in [0.4, 0.5) is 0 Å². The fraction of sp³-hybridized carbons (Fsp3) is 0.618. The normalized spacial score (nSPS) is 36.6. The molecular weight excluding hydrogens is 524 g/mol. The second-order valence-corrected chi connectivity index (χ2v) is 14.5. The van der Waals surface area contributed by atoms with Gasteiger partial charge in [-0.3, -0.25) is 4.79 Å². The first-order valence-corrected chi connectivity index (χ1v) is 15.9. The van der Waals surface area contributed by atoms with E-state index in [1.54, 1.807) is 0 Å². The van der Waals surface area contributed by atoms with E-state index in [2.05, 4.69) is 48.4 Å². The molecule has 42 heavy (non-hydrogen) atoms. The van der Waals surface area contributed by atoms with Crippen LogP contribution in [-0.2, 0) is 11.8 Å². The third-order valence-electron chi connectivity index (χ3n) is 11.9. The number of rotatable bonds is 9. The second-order valence-electron chi connectivity index (χ2n) is 14.5. The number of fused-ring (bicyclic) bond motifs is 2. The number of amides is 1. The maximum Gasteiger partial charge on any atom is 0.248 e. The van der Waals surface area contributed by atoms with E-state index in [-0.39, 0.29) is 12.0 Å². The van der Waals surface area contributed by atoms with Gasteiger partial charge in [-0.2, -0.15) is 0 Å². The Balaban J connectivity index is 1.24. The van der Waals surface area contributed by atoms with Gasteiger partial charge < -0.3 is 26.1 Å². The Labute approximate surface area is 249 Å². The predicted molar refractivity (Wildman–Crippen MR) is 162 cm³/mol. The van der Waals surface area contributed by atoms with Crippen molar-refractivity contribution >= 4 is 5.91 Å². The molecule has 2 aromatic rings. The number of hydrogen-bond acceptors (Lipinski definition) is 7. The molecule has 5 aliphatic rings. The molecule has 4 fully saturated rings. The molecule has 0 spiro atoms. The van der Waals surface area contributed by atoms with E-state index in [1.165, 1.54) is 30.5 Å². The zero-order valence-electron chi connectivity index (χ0n) is 25.4. The Bertz CT molecular complexity index is 1460. The molecule has 224 valence electrons. The molecule has 5 N–H and O–H groups in total. The summed E-state index contributed by atoms with van der Waals surface area (Å²) in [6, 6.07) is 6.71. The highest BCUT2D eigenvalue weighted by Crippen LogP contribution is 2.87. The molecule has 2 heterocycles.